The van der Waals surface area contributed by atoms with Crippen LogP contribution in [0.4, 0.5) is 0 Å². The average molecular weight is 290 g/mol. The first kappa shape index (κ1) is 16.3. The zero-order chi connectivity index (χ0) is 14.9. The number of nitrogens with zero attached hydrogens (tertiary/aromatic N) is 1. The van der Waals surface area contributed by atoms with E-state index in [1.165, 1.54) is 44.6 Å². The molecule has 1 aliphatic heterocycles. The van der Waals surface area contributed by atoms with Crippen molar-refractivity contribution in [3.8, 4) is 5.75 Å². The maximum Gasteiger partial charge on any atom is 0.119 e. The van der Waals surface area contributed by atoms with E-state index in [4.69, 9.17) is 4.74 Å². The normalized spacial score (nSPS) is 17.0. The molecule has 0 aliphatic carbocycles. The van der Waals surface area contributed by atoms with E-state index in [-0.39, 0.29) is 0 Å². The van der Waals surface area contributed by atoms with E-state index < -0.39 is 0 Å². The molecular weight excluding hydrogens is 260 g/mol. The first-order valence-corrected chi connectivity index (χ1v) is 8.40. The molecule has 0 unspecified atom stereocenters. The number of likely N-dealkylation sites (tertiary alicyclic amines) is 1. The van der Waals surface area contributed by atoms with Crippen LogP contribution in [0.5, 0.6) is 5.75 Å². The summed E-state index contributed by atoms with van der Waals surface area (Å²) >= 11 is 0. The highest BCUT2D eigenvalue weighted by Crippen LogP contribution is 2.17. The zero-order valence-electron chi connectivity index (χ0n) is 13.6. The quantitative estimate of drug-likeness (QED) is 0.745. The van der Waals surface area contributed by atoms with E-state index in [2.05, 4.69) is 42.3 Å². The van der Waals surface area contributed by atoms with Crippen LogP contribution in [-0.4, -0.2) is 44.2 Å². The first-order valence-electron chi connectivity index (χ1n) is 8.40. The summed E-state index contributed by atoms with van der Waals surface area (Å²) in [6, 6.07) is 8.30. The molecule has 0 saturated carbocycles. The molecule has 1 aromatic carbocycles. The van der Waals surface area contributed by atoms with Gasteiger partial charge in [0.1, 0.15) is 5.75 Å². The molecule has 3 heteroatoms. The van der Waals surface area contributed by atoms with E-state index in [9.17, 15) is 0 Å². The summed E-state index contributed by atoms with van der Waals surface area (Å²) < 4.78 is 5.82. The molecule has 118 valence electrons. The number of hydrogen-bond donors (Lipinski definition) is 1. The van der Waals surface area contributed by atoms with Gasteiger partial charge in [0.2, 0.25) is 0 Å². The van der Waals surface area contributed by atoms with Gasteiger partial charge < -0.3 is 15.0 Å². The van der Waals surface area contributed by atoms with Crippen molar-refractivity contribution in [2.45, 2.75) is 33.1 Å². The van der Waals surface area contributed by atoms with Gasteiger partial charge in [-0.3, -0.25) is 0 Å². The highest BCUT2D eigenvalue weighted by Gasteiger charge is 2.18. The lowest BCUT2D eigenvalue weighted by Gasteiger charge is -2.32. The maximum atomic E-state index is 5.82. The molecule has 1 aromatic rings. The number of piperidine rings is 1. The Bertz CT molecular complexity index is 400. The molecule has 2 rings (SSSR count). The SMILES string of the molecule is CCNCC1CCN(CCCOc2cccc(C)c2)CC1. The fourth-order valence-electron chi connectivity index (χ4n) is 2.95. The summed E-state index contributed by atoms with van der Waals surface area (Å²) in [5.41, 5.74) is 1.26. The molecule has 1 aliphatic rings. The topological polar surface area (TPSA) is 24.5 Å². The molecule has 0 aromatic heterocycles. The minimum absolute atomic E-state index is 0.820. The van der Waals surface area contributed by atoms with Crippen molar-refractivity contribution < 1.29 is 4.74 Å². The molecule has 0 spiro atoms. The van der Waals surface area contributed by atoms with Crippen LogP contribution in [0.25, 0.3) is 0 Å². The predicted octanol–water partition coefficient (Wildman–Crippen LogP) is 3.09. The van der Waals surface area contributed by atoms with Gasteiger partial charge in [-0.15, -0.1) is 0 Å². The van der Waals surface area contributed by atoms with Crippen molar-refractivity contribution >= 4 is 0 Å². The number of hydrogen-bond acceptors (Lipinski definition) is 3. The second-order valence-electron chi connectivity index (χ2n) is 6.11. The third-order valence-electron chi connectivity index (χ3n) is 4.27. The van der Waals surface area contributed by atoms with Gasteiger partial charge in [0.05, 0.1) is 6.61 Å². The molecule has 1 saturated heterocycles. The summed E-state index contributed by atoms with van der Waals surface area (Å²) in [6.45, 7) is 11.1. The van der Waals surface area contributed by atoms with E-state index in [1.54, 1.807) is 0 Å². The minimum atomic E-state index is 0.820. The smallest absolute Gasteiger partial charge is 0.119 e. The number of aryl methyl sites for hydroxylation is 1. The Labute approximate surface area is 129 Å². The molecule has 0 bridgehead atoms. The summed E-state index contributed by atoms with van der Waals surface area (Å²) in [6.07, 6.45) is 3.79. The Morgan fingerprint density at radius 3 is 2.81 bits per heavy atom. The zero-order valence-corrected chi connectivity index (χ0v) is 13.6. The van der Waals surface area contributed by atoms with Crippen LogP contribution in [0.3, 0.4) is 0 Å². The van der Waals surface area contributed by atoms with Crippen molar-refractivity contribution in [2.75, 3.05) is 39.3 Å². The van der Waals surface area contributed by atoms with E-state index >= 15 is 0 Å². The van der Waals surface area contributed by atoms with Gasteiger partial charge in [0.15, 0.2) is 0 Å². The van der Waals surface area contributed by atoms with Crippen LogP contribution < -0.4 is 10.1 Å². The van der Waals surface area contributed by atoms with Crippen LogP contribution in [0.15, 0.2) is 24.3 Å². The second kappa shape index (κ2) is 9.06. The third-order valence-corrected chi connectivity index (χ3v) is 4.27. The van der Waals surface area contributed by atoms with Gasteiger partial charge in [-0.25, -0.2) is 0 Å². The largest absolute Gasteiger partial charge is 0.494 e. The Kier molecular flexibility index (Phi) is 7.04. The van der Waals surface area contributed by atoms with Crippen LogP contribution in [0.2, 0.25) is 0 Å². The van der Waals surface area contributed by atoms with E-state index in [1.807, 2.05) is 6.07 Å². The molecule has 1 heterocycles. The van der Waals surface area contributed by atoms with Crippen LogP contribution in [0, 0.1) is 12.8 Å². The second-order valence-corrected chi connectivity index (χ2v) is 6.11. The molecular formula is C18H30N2O. The van der Waals surface area contributed by atoms with Crippen molar-refractivity contribution in [1.82, 2.24) is 10.2 Å². The molecule has 0 atom stereocenters. The highest BCUT2D eigenvalue weighted by molar-refractivity contribution is 5.27. The van der Waals surface area contributed by atoms with E-state index in [0.717, 1.165) is 31.2 Å². The molecule has 0 amide bonds. The Balaban J connectivity index is 1.56. The predicted molar refractivity (Wildman–Crippen MR) is 89.0 cm³/mol. The maximum absolute atomic E-state index is 5.82. The highest BCUT2D eigenvalue weighted by atomic mass is 16.5. The van der Waals surface area contributed by atoms with Crippen molar-refractivity contribution in [1.29, 1.82) is 0 Å². The average Bonchev–Trinajstić information content (AvgIpc) is 2.51. The Morgan fingerprint density at radius 2 is 2.10 bits per heavy atom. The standard InChI is InChI=1S/C18H30N2O/c1-3-19-15-17-8-11-20(12-9-17)10-5-13-21-18-7-4-6-16(2)14-18/h4,6-7,14,17,19H,3,5,8-13,15H2,1-2H3. The van der Waals surface area contributed by atoms with Gasteiger partial charge in [-0.05, 0) is 76.0 Å². The molecule has 1 fully saturated rings. The summed E-state index contributed by atoms with van der Waals surface area (Å²) in [7, 11) is 0. The van der Waals surface area contributed by atoms with Crippen molar-refractivity contribution in [2.24, 2.45) is 5.92 Å². The van der Waals surface area contributed by atoms with Crippen LogP contribution in [0.1, 0.15) is 31.7 Å². The number of ether oxygens (including phenoxy) is 1. The van der Waals surface area contributed by atoms with Crippen LogP contribution >= 0.6 is 0 Å². The third kappa shape index (κ3) is 6.06. The summed E-state index contributed by atoms with van der Waals surface area (Å²) in [5, 5.41) is 3.47. The monoisotopic (exact) mass is 290 g/mol. The van der Waals surface area contributed by atoms with Crippen molar-refractivity contribution in [3.05, 3.63) is 29.8 Å². The molecule has 1 N–H and O–H groups in total. The van der Waals surface area contributed by atoms with Gasteiger partial charge in [0, 0.05) is 6.54 Å². The van der Waals surface area contributed by atoms with Gasteiger partial charge in [-0.2, -0.15) is 0 Å². The van der Waals surface area contributed by atoms with Gasteiger partial charge in [-0.1, -0.05) is 19.1 Å². The Morgan fingerprint density at radius 1 is 1.29 bits per heavy atom. The fraction of sp³-hybridized carbons (Fsp3) is 0.667. The summed E-state index contributed by atoms with van der Waals surface area (Å²) in [5.74, 6) is 1.88. The molecule has 0 radical (unpaired) electrons. The first-order chi connectivity index (χ1) is 10.3. The van der Waals surface area contributed by atoms with Gasteiger partial charge in [0.25, 0.3) is 0 Å². The lowest BCUT2D eigenvalue weighted by molar-refractivity contribution is 0.169. The number of rotatable bonds is 8. The lowest BCUT2D eigenvalue weighted by Crippen LogP contribution is -2.38. The fourth-order valence-corrected chi connectivity index (χ4v) is 2.95. The van der Waals surface area contributed by atoms with Crippen LogP contribution in [-0.2, 0) is 0 Å². The van der Waals surface area contributed by atoms with Gasteiger partial charge >= 0.3 is 0 Å². The van der Waals surface area contributed by atoms with Crippen molar-refractivity contribution in [3.63, 3.8) is 0 Å². The lowest BCUT2D eigenvalue weighted by atomic mass is 9.97. The molecule has 21 heavy (non-hydrogen) atoms. The number of benzene rings is 1. The van der Waals surface area contributed by atoms with E-state index in [0.29, 0.717) is 0 Å². The number of nitrogens with one attached hydrogen (secondary N) is 1. The minimum Gasteiger partial charge on any atom is -0.494 e. The Hall–Kier alpha value is -1.06. The molecule has 3 nitrogen and oxygen atoms in total. The summed E-state index contributed by atoms with van der Waals surface area (Å²) in [4.78, 5) is 2.59.